The molecule has 0 aliphatic carbocycles. The van der Waals surface area contributed by atoms with E-state index in [-0.39, 0.29) is 36.1 Å². The van der Waals surface area contributed by atoms with Gasteiger partial charge in [-0.3, -0.25) is 19.3 Å². The highest BCUT2D eigenvalue weighted by atomic mass is 32.2. The number of fused-ring (bicyclic) bond motifs is 1. The lowest BCUT2D eigenvalue weighted by molar-refractivity contribution is -0.144. The number of benzene rings is 2. The van der Waals surface area contributed by atoms with Gasteiger partial charge in [0.1, 0.15) is 12.4 Å². The number of esters is 1. The van der Waals surface area contributed by atoms with Gasteiger partial charge in [-0.2, -0.15) is 0 Å². The van der Waals surface area contributed by atoms with E-state index in [4.69, 9.17) is 4.74 Å². The highest BCUT2D eigenvalue weighted by Crippen LogP contribution is 2.24. The summed E-state index contributed by atoms with van der Waals surface area (Å²) in [5.41, 5.74) is 4.66. The van der Waals surface area contributed by atoms with Crippen LogP contribution in [0.25, 0.3) is 0 Å². The van der Waals surface area contributed by atoms with Crippen LogP contribution in [0.4, 0.5) is 0 Å². The normalized spacial score (nSPS) is 15.5. The molecule has 0 atom stereocenters. The molecule has 0 radical (unpaired) electrons. The molecule has 7 nitrogen and oxygen atoms in total. The third-order valence-corrected chi connectivity index (χ3v) is 6.51. The second-order valence-electron chi connectivity index (χ2n) is 7.29. The SMILES string of the molecule is CC(=O)c1c(C)cc(C)c(COC(=O)CCN=C2NS(=O)(=O)c3ccccc32)c1C. The van der Waals surface area contributed by atoms with Crippen molar-refractivity contribution in [1.82, 2.24) is 4.72 Å². The summed E-state index contributed by atoms with van der Waals surface area (Å²) in [6.45, 7) is 7.35. The smallest absolute Gasteiger partial charge is 0.308 e. The van der Waals surface area contributed by atoms with Crippen molar-refractivity contribution >= 4 is 27.6 Å². The Bertz CT molecular complexity index is 1170. The third-order valence-electron chi connectivity index (χ3n) is 5.11. The van der Waals surface area contributed by atoms with Crippen LogP contribution in [0.2, 0.25) is 0 Å². The molecule has 0 spiro atoms. The van der Waals surface area contributed by atoms with Gasteiger partial charge in [-0.1, -0.05) is 18.2 Å². The van der Waals surface area contributed by atoms with Crippen LogP contribution in [-0.4, -0.2) is 32.6 Å². The molecule has 2 aromatic rings. The molecule has 0 saturated heterocycles. The fourth-order valence-corrected chi connectivity index (χ4v) is 4.98. The summed E-state index contributed by atoms with van der Waals surface area (Å²) < 4.78 is 31.9. The number of nitrogens with one attached hydrogen (secondary N) is 1. The van der Waals surface area contributed by atoms with Crippen LogP contribution in [-0.2, 0) is 26.2 Å². The van der Waals surface area contributed by atoms with E-state index in [1.807, 2.05) is 26.8 Å². The number of ether oxygens (including phenoxy) is 1. The van der Waals surface area contributed by atoms with Crippen LogP contribution in [0.15, 0.2) is 40.2 Å². The van der Waals surface area contributed by atoms with E-state index in [0.29, 0.717) is 11.1 Å². The maximum atomic E-state index is 12.2. The number of carbonyl (C=O) groups excluding carboxylic acids is 2. The molecule has 0 bridgehead atoms. The summed E-state index contributed by atoms with van der Waals surface area (Å²) in [6.07, 6.45) is 0.0108. The second-order valence-corrected chi connectivity index (χ2v) is 8.94. The number of Topliss-reactive ketones (excluding diaryl/α,β-unsaturated/α-hetero) is 1. The number of hydrogen-bond donors (Lipinski definition) is 1. The fraction of sp³-hybridized carbons (Fsp3) is 0.318. The van der Waals surface area contributed by atoms with Crippen LogP contribution < -0.4 is 4.72 Å². The van der Waals surface area contributed by atoms with E-state index in [9.17, 15) is 18.0 Å². The molecular formula is C22H24N2O5S. The Morgan fingerprint density at radius 2 is 1.80 bits per heavy atom. The van der Waals surface area contributed by atoms with Gasteiger partial charge >= 0.3 is 5.97 Å². The zero-order chi connectivity index (χ0) is 22.1. The maximum absolute atomic E-state index is 12.2. The molecule has 0 fully saturated rings. The maximum Gasteiger partial charge on any atom is 0.308 e. The predicted molar refractivity (Wildman–Crippen MR) is 113 cm³/mol. The molecule has 3 rings (SSSR count). The number of aliphatic imine (C=N–C) groups is 1. The Labute approximate surface area is 176 Å². The number of aryl methyl sites for hydroxylation is 2. The molecule has 8 heteroatoms. The van der Waals surface area contributed by atoms with Crippen molar-refractivity contribution in [2.75, 3.05) is 6.54 Å². The molecule has 1 aliphatic heterocycles. The summed E-state index contributed by atoms with van der Waals surface area (Å²) in [5.74, 6) is -0.236. The lowest BCUT2D eigenvalue weighted by Gasteiger charge is -2.16. The van der Waals surface area contributed by atoms with Crippen molar-refractivity contribution in [2.24, 2.45) is 4.99 Å². The Balaban J connectivity index is 1.64. The van der Waals surface area contributed by atoms with Crippen LogP contribution in [0.5, 0.6) is 0 Å². The van der Waals surface area contributed by atoms with Gasteiger partial charge in [0, 0.05) is 11.1 Å². The minimum absolute atomic E-state index is 0.0108. The number of hydrogen-bond acceptors (Lipinski definition) is 6. The Morgan fingerprint density at radius 3 is 2.50 bits per heavy atom. The number of carbonyl (C=O) groups is 2. The van der Waals surface area contributed by atoms with E-state index < -0.39 is 16.0 Å². The van der Waals surface area contributed by atoms with Crippen molar-refractivity contribution in [2.45, 2.75) is 45.6 Å². The first-order valence-electron chi connectivity index (χ1n) is 9.54. The Hall–Kier alpha value is -3.00. The van der Waals surface area contributed by atoms with Gasteiger partial charge in [-0.05, 0) is 62.1 Å². The molecular weight excluding hydrogens is 404 g/mol. The number of amidine groups is 1. The van der Waals surface area contributed by atoms with E-state index in [1.165, 1.54) is 13.0 Å². The van der Waals surface area contributed by atoms with Gasteiger partial charge in [0.15, 0.2) is 5.78 Å². The summed E-state index contributed by atoms with van der Waals surface area (Å²) in [5, 5.41) is 0. The van der Waals surface area contributed by atoms with Crippen LogP contribution in [0, 0.1) is 20.8 Å². The number of ketones is 1. The molecule has 1 heterocycles. The molecule has 2 aromatic carbocycles. The van der Waals surface area contributed by atoms with Gasteiger partial charge in [0.05, 0.1) is 17.9 Å². The van der Waals surface area contributed by atoms with E-state index >= 15 is 0 Å². The summed E-state index contributed by atoms with van der Waals surface area (Å²) in [6, 6.07) is 8.47. The monoisotopic (exact) mass is 428 g/mol. The molecule has 0 aromatic heterocycles. The quantitative estimate of drug-likeness (QED) is 0.563. The Kier molecular flexibility index (Phi) is 6.07. The first-order valence-corrected chi connectivity index (χ1v) is 11.0. The summed E-state index contributed by atoms with van der Waals surface area (Å²) in [7, 11) is -3.60. The van der Waals surface area contributed by atoms with Crippen molar-refractivity contribution in [3.8, 4) is 0 Å². The second kappa shape index (κ2) is 8.39. The van der Waals surface area contributed by atoms with Gasteiger partial charge in [-0.15, -0.1) is 0 Å². The van der Waals surface area contributed by atoms with Gasteiger partial charge < -0.3 is 4.74 Å². The van der Waals surface area contributed by atoms with E-state index in [2.05, 4.69) is 9.71 Å². The zero-order valence-electron chi connectivity index (χ0n) is 17.4. The Morgan fingerprint density at radius 1 is 1.10 bits per heavy atom. The van der Waals surface area contributed by atoms with Gasteiger partial charge in [-0.25, -0.2) is 8.42 Å². The molecule has 1 aliphatic rings. The average molecular weight is 429 g/mol. The van der Waals surface area contributed by atoms with Crippen molar-refractivity contribution in [1.29, 1.82) is 0 Å². The predicted octanol–water partition coefficient (Wildman–Crippen LogP) is 2.99. The number of rotatable bonds is 6. The van der Waals surface area contributed by atoms with Crippen LogP contribution in [0.1, 0.15) is 51.5 Å². The summed E-state index contributed by atoms with van der Waals surface area (Å²) in [4.78, 5) is 28.5. The minimum Gasteiger partial charge on any atom is -0.461 e. The number of nitrogens with zero attached hydrogens (tertiary/aromatic N) is 1. The highest BCUT2D eigenvalue weighted by Gasteiger charge is 2.30. The highest BCUT2D eigenvalue weighted by molar-refractivity contribution is 7.90. The first-order chi connectivity index (χ1) is 14.1. The third kappa shape index (κ3) is 4.28. The first kappa shape index (κ1) is 21.7. The molecule has 0 unspecified atom stereocenters. The van der Waals surface area contributed by atoms with Crippen LogP contribution in [0.3, 0.4) is 0 Å². The minimum atomic E-state index is -3.60. The van der Waals surface area contributed by atoms with Gasteiger partial charge in [0.2, 0.25) is 0 Å². The zero-order valence-corrected chi connectivity index (χ0v) is 18.2. The lowest BCUT2D eigenvalue weighted by atomic mass is 9.92. The standard InChI is InChI=1S/C22H24N2O5S/c1-13-11-14(2)21(16(4)25)15(3)18(13)12-29-20(26)9-10-23-22-17-7-5-6-8-19(17)30(27,28)24-22/h5-8,11H,9-10,12H2,1-4H3,(H,23,24). The van der Waals surface area contributed by atoms with Gasteiger partial charge in [0.25, 0.3) is 10.0 Å². The molecule has 30 heavy (non-hydrogen) atoms. The van der Waals surface area contributed by atoms with Crippen molar-refractivity contribution in [3.05, 3.63) is 63.7 Å². The topological polar surface area (TPSA) is 102 Å². The average Bonchev–Trinajstić information content (AvgIpc) is 2.91. The van der Waals surface area contributed by atoms with Crippen LogP contribution >= 0.6 is 0 Å². The summed E-state index contributed by atoms with van der Waals surface area (Å²) >= 11 is 0. The molecule has 1 N–H and O–H groups in total. The number of sulfonamides is 1. The fourth-order valence-electron chi connectivity index (χ4n) is 3.73. The van der Waals surface area contributed by atoms with Crippen molar-refractivity contribution < 1.29 is 22.7 Å². The van der Waals surface area contributed by atoms with E-state index in [1.54, 1.807) is 18.2 Å². The lowest BCUT2D eigenvalue weighted by Crippen LogP contribution is -2.22. The van der Waals surface area contributed by atoms with Crippen molar-refractivity contribution in [3.63, 3.8) is 0 Å². The molecule has 0 amide bonds. The van der Waals surface area contributed by atoms with E-state index in [0.717, 1.165) is 22.3 Å². The molecule has 0 saturated carbocycles. The largest absolute Gasteiger partial charge is 0.461 e. The molecule has 158 valence electrons.